The van der Waals surface area contributed by atoms with Crippen molar-refractivity contribution in [2.24, 2.45) is 0 Å². The molecular formula is C9H12O5S2. The molecule has 1 rings (SSSR count). The number of rotatable bonds is 6. The normalized spacial score (nSPS) is 11.6. The molecule has 0 aliphatic carbocycles. The second kappa shape index (κ2) is 5.40. The van der Waals surface area contributed by atoms with Crippen molar-refractivity contribution in [2.75, 3.05) is 17.3 Å². The van der Waals surface area contributed by atoms with Crippen LogP contribution in [0.15, 0.2) is 21.6 Å². The lowest BCUT2D eigenvalue weighted by Crippen LogP contribution is -2.10. The molecule has 0 bridgehead atoms. The Morgan fingerprint density at radius 2 is 2.19 bits per heavy atom. The minimum atomic E-state index is -2.98. The van der Waals surface area contributed by atoms with E-state index in [1.165, 1.54) is 23.9 Å². The Bertz CT molecular complexity index is 460. The third-order valence-corrected chi connectivity index (χ3v) is 4.75. The lowest BCUT2D eigenvalue weighted by atomic mass is 10.5. The van der Waals surface area contributed by atoms with Gasteiger partial charge in [-0.1, -0.05) is 18.7 Å². The summed E-state index contributed by atoms with van der Waals surface area (Å²) in [5.41, 5.74) is 0. The second-order valence-electron chi connectivity index (χ2n) is 3.01. The second-order valence-corrected chi connectivity index (χ2v) is 6.58. The van der Waals surface area contributed by atoms with E-state index in [4.69, 9.17) is 9.52 Å². The molecule has 1 heterocycles. The first kappa shape index (κ1) is 13.1. The maximum absolute atomic E-state index is 11.2. The Balaban J connectivity index is 2.46. The summed E-state index contributed by atoms with van der Waals surface area (Å²) in [4.78, 5) is 10.5. The Morgan fingerprint density at radius 3 is 2.69 bits per heavy atom. The van der Waals surface area contributed by atoms with Crippen molar-refractivity contribution < 1.29 is 22.7 Å². The van der Waals surface area contributed by atoms with E-state index >= 15 is 0 Å². The molecule has 0 fully saturated rings. The molecule has 0 unspecified atom stereocenters. The number of sulfone groups is 1. The van der Waals surface area contributed by atoms with Crippen molar-refractivity contribution in [3.05, 3.63) is 17.9 Å². The maximum atomic E-state index is 11.2. The van der Waals surface area contributed by atoms with Crippen LogP contribution in [-0.4, -0.2) is 36.8 Å². The van der Waals surface area contributed by atoms with Crippen LogP contribution < -0.4 is 0 Å². The van der Waals surface area contributed by atoms with Gasteiger partial charge in [-0.25, -0.2) is 13.2 Å². The molecule has 0 aliphatic rings. The molecule has 1 aromatic heterocycles. The van der Waals surface area contributed by atoms with E-state index in [9.17, 15) is 13.2 Å². The molecule has 0 aliphatic heterocycles. The van der Waals surface area contributed by atoms with Gasteiger partial charge in [0.05, 0.1) is 5.75 Å². The van der Waals surface area contributed by atoms with E-state index in [1.807, 2.05) is 0 Å². The molecular weight excluding hydrogens is 252 g/mol. The van der Waals surface area contributed by atoms with Gasteiger partial charge in [0.15, 0.2) is 14.9 Å². The molecule has 7 heteroatoms. The monoisotopic (exact) mass is 264 g/mol. The summed E-state index contributed by atoms with van der Waals surface area (Å²) < 4.78 is 27.3. The summed E-state index contributed by atoms with van der Waals surface area (Å²) in [5.74, 6) is -0.722. The number of carboxylic acid groups (broad SMARTS) is 1. The van der Waals surface area contributed by atoms with E-state index in [2.05, 4.69) is 0 Å². The lowest BCUT2D eigenvalue weighted by molar-refractivity contribution is 0.0656. The molecule has 1 aromatic rings. The van der Waals surface area contributed by atoms with Gasteiger partial charge in [0.1, 0.15) is 0 Å². The summed E-state index contributed by atoms with van der Waals surface area (Å²) in [5, 5.41) is 9.01. The van der Waals surface area contributed by atoms with Crippen LogP contribution in [0.25, 0.3) is 0 Å². The van der Waals surface area contributed by atoms with E-state index in [0.717, 1.165) is 0 Å². The first-order valence-electron chi connectivity index (χ1n) is 4.61. The predicted octanol–water partition coefficient (Wildman–Crippen LogP) is 1.50. The van der Waals surface area contributed by atoms with Crippen LogP contribution in [-0.2, 0) is 9.84 Å². The molecule has 0 aromatic carbocycles. The number of thioether (sulfide) groups is 1. The lowest BCUT2D eigenvalue weighted by Gasteiger charge is -1.98. The third kappa shape index (κ3) is 3.90. The predicted molar refractivity (Wildman–Crippen MR) is 60.7 cm³/mol. The molecule has 0 radical (unpaired) electrons. The number of carbonyl (C=O) groups is 1. The molecule has 5 nitrogen and oxygen atoms in total. The smallest absolute Gasteiger partial charge is 0.371 e. The molecule has 90 valence electrons. The zero-order chi connectivity index (χ0) is 12.2. The minimum absolute atomic E-state index is 0.0667. The average molecular weight is 264 g/mol. The summed E-state index contributed by atoms with van der Waals surface area (Å²) in [7, 11) is -2.98. The van der Waals surface area contributed by atoms with Crippen LogP contribution in [0, 0.1) is 0 Å². The van der Waals surface area contributed by atoms with Crippen LogP contribution in [0.4, 0.5) is 0 Å². The average Bonchev–Trinajstić information content (AvgIpc) is 2.66. The maximum Gasteiger partial charge on any atom is 0.371 e. The Morgan fingerprint density at radius 1 is 1.50 bits per heavy atom. The molecule has 0 spiro atoms. The van der Waals surface area contributed by atoms with Gasteiger partial charge >= 0.3 is 5.97 Å². The van der Waals surface area contributed by atoms with Gasteiger partial charge in [0.25, 0.3) is 0 Å². The Labute approximate surface area is 97.8 Å². The van der Waals surface area contributed by atoms with Gasteiger partial charge < -0.3 is 9.52 Å². The fourth-order valence-corrected chi connectivity index (χ4v) is 3.08. The van der Waals surface area contributed by atoms with E-state index in [0.29, 0.717) is 10.8 Å². The number of hydrogen-bond donors (Lipinski definition) is 1. The van der Waals surface area contributed by atoms with E-state index in [-0.39, 0.29) is 17.3 Å². The van der Waals surface area contributed by atoms with Crippen molar-refractivity contribution in [3.63, 3.8) is 0 Å². The van der Waals surface area contributed by atoms with Crippen LogP contribution in [0.5, 0.6) is 0 Å². The molecule has 0 atom stereocenters. The van der Waals surface area contributed by atoms with Gasteiger partial charge in [-0.3, -0.25) is 0 Å². The quantitative estimate of drug-likeness (QED) is 0.784. The van der Waals surface area contributed by atoms with Gasteiger partial charge in [-0.15, -0.1) is 0 Å². The zero-order valence-electron chi connectivity index (χ0n) is 8.67. The summed E-state index contributed by atoms with van der Waals surface area (Å²) in [6.07, 6.45) is 0. The van der Waals surface area contributed by atoms with Gasteiger partial charge in [-0.2, -0.15) is 0 Å². The number of furan rings is 1. The Kier molecular flexibility index (Phi) is 4.43. The summed E-state index contributed by atoms with van der Waals surface area (Å²) in [6, 6.07) is 2.87. The minimum Gasteiger partial charge on any atom is -0.475 e. The first-order valence-corrected chi connectivity index (χ1v) is 7.41. The number of carboxylic acids is 1. The SMILES string of the molecule is CCS(=O)(=O)CCSc1ccc(C(=O)O)o1. The number of hydrogen-bond acceptors (Lipinski definition) is 5. The summed E-state index contributed by atoms with van der Waals surface area (Å²) in [6.45, 7) is 1.59. The standard InChI is InChI=1S/C9H12O5S2/c1-2-16(12,13)6-5-15-8-4-3-7(14-8)9(10)11/h3-4H,2,5-6H2,1H3,(H,10,11). The van der Waals surface area contributed by atoms with Gasteiger partial charge in [-0.05, 0) is 12.1 Å². The van der Waals surface area contributed by atoms with Gasteiger partial charge in [0.2, 0.25) is 5.76 Å². The summed E-state index contributed by atoms with van der Waals surface area (Å²) >= 11 is 1.19. The van der Waals surface area contributed by atoms with Crippen LogP contribution in [0.3, 0.4) is 0 Å². The molecule has 16 heavy (non-hydrogen) atoms. The van der Waals surface area contributed by atoms with Crippen LogP contribution in [0.2, 0.25) is 0 Å². The molecule has 1 N–H and O–H groups in total. The van der Waals surface area contributed by atoms with Crippen molar-refractivity contribution >= 4 is 27.6 Å². The largest absolute Gasteiger partial charge is 0.475 e. The molecule has 0 saturated carbocycles. The fraction of sp³-hybridized carbons (Fsp3) is 0.444. The highest BCUT2D eigenvalue weighted by atomic mass is 32.2. The highest BCUT2D eigenvalue weighted by Crippen LogP contribution is 2.21. The Hall–Kier alpha value is -0.950. The molecule has 0 amide bonds. The fourth-order valence-electron chi connectivity index (χ4n) is 0.926. The van der Waals surface area contributed by atoms with Crippen molar-refractivity contribution in [1.82, 2.24) is 0 Å². The molecule has 0 saturated heterocycles. The first-order chi connectivity index (χ1) is 7.44. The zero-order valence-corrected chi connectivity index (χ0v) is 10.3. The van der Waals surface area contributed by atoms with Crippen molar-refractivity contribution in [1.29, 1.82) is 0 Å². The highest BCUT2D eigenvalue weighted by Gasteiger charge is 2.11. The van der Waals surface area contributed by atoms with E-state index in [1.54, 1.807) is 6.92 Å². The highest BCUT2D eigenvalue weighted by molar-refractivity contribution is 8.00. The van der Waals surface area contributed by atoms with Crippen molar-refractivity contribution in [3.8, 4) is 0 Å². The van der Waals surface area contributed by atoms with Crippen LogP contribution >= 0.6 is 11.8 Å². The van der Waals surface area contributed by atoms with Crippen molar-refractivity contribution in [2.45, 2.75) is 12.0 Å². The number of aromatic carboxylic acids is 1. The van der Waals surface area contributed by atoms with Gasteiger partial charge in [0, 0.05) is 11.5 Å². The van der Waals surface area contributed by atoms with E-state index < -0.39 is 15.8 Å². The van der Waals surface area contributed by atoms with Crippen LogP contribution in [0.1, 0.15) is 17.5 Å². The third-order valence-electron chi connectivity index (χ3n) is 1.87. The topological polar surface area (TPSA) is 84.6 Å².